The van der Waals surface area contributed by atoms with Gasteiger partial charge in [-0.15, -0.1) is 10.2 Å². The summed E-state index contributed by atoms with van der Waals surface area (Å²) in [4.78, 5) is 16.9. The molecule has 0 N–H and O–H groups in total. The minimum atomic E-state index is 0.128. The molecule has 1 saturated heterocycles. The molecular weight excluding hydrogens is 408 g/mol. The Bertz CT molecular complexity index is 1060. The summed E-state index contributed by atoms with van der Waals surface area (Å²) in [6, 6.07) is 15.8. The monoisotopic (exact) mass is 434 g/mol. The minimum absolute atomic E-state index is 0.128. The Morgan fingerprint density at radius 1 is 0.906 bits per heavy atom. The van der Waals surface area contributed by atoms with Crippen molar-refractivity contribution < 1.29 is 18.7 Å². The van der Waals surface area contributed by atoms with E-state index in [0.29, 0.717) is 37.8 Å². The SMILES string of the molecule is O=C(CCc1nnc(-c2ccccc2)o1)N1CCN(Cc2ccc3c(c2)OCCO3)CC1. The van der Waals surface area contributed by atoms with Crippen LogP contribution in [0.1, 0.15) is 17.9 Å². The van der Waals surface area contributed by atoms with Crippen LogP contribution in [0.5, 0.6) is 11.5 Å². The maximum Gasteiger partial charge on any atom is 0.247 e. The van der Waals surface area contributed by atoms with Crippen molar-refractivity contribution in [2.45, 2.75) is 19.4 Å². The molecule has 0 unspecified atom stereocenters. The molecule has 32 heavy (non-hydrogen) atoms. The summed E-state index contributed by atoms with van der Waals surface area (Å²) in [6.45, 7) is 5.17. The second kappa shape index (κ2) is 9.40. The highest BCUT2D eigenvalue weighted by molar-refractivity contribution is 5.76. The van der Waals surface area contributed by atoms with Crippen LogP contribution in [0.15, 0.2) is 52.9 Å². The molecular formula is C24H26N4O4. The van der Waals surface area contributed by atoms with Crippen molar-refractivity contribution in [3.8, 4) is 23.0 Å². The van der Waals surface area contributed by atoms with Gasteiger partial charge >= 0.3 is 0 Å². The molecule has 1 aromatic heterocycles. The summed E-state index contributed by atoms with van der Waals surface area (Å²) in [7, 11) is 0. The average molecular weight is 434 g/mol. The molecule has 8 nitrogen and oxygen atoms in total. The van der Waals surface area contributed by atoms with Crippen LogP contribution in [0, 0.1) is 0 Å². The fourth-order valence-electron chi connectivity index (χ4n) is 4.02. The largest absolute Gasteiger partial charge is 0.486 e. The third-order valence-corrected chi connectivity index (χ3v) is 5.78. The van der Waals surface area contributed by atoms with Gasteiger partial charge in [-0.3, -0.25) is 9.69 Å². The van der Waals surface area contributed by atoms with Gasteiger partial charge in [-0.1, -0.05) is 24.3 Å². The number of rotatable bonds is 6. The Labute approximate surface area is 186 Å². The molecule has 2 aliphatic heterocycles. The number of hydrogen-bond acceptors (Lipinski definition) is 7. The lowest BCUT2D eigenvalue weighted by Crippen LogP contribution is -2.48. The molecule has 0 aliphatic carbocycles. The standard InChI is InChI=1S/C24H26N4O4/c29-23(9-8-22-25-26-24(32-22)19-4-2-1-3-5-19)28-12-10-27(11-13-28)17-18-6-7-20-21(16-18)31-15-14-30-20/h1-7,16H,8-15,17H2. The second-order valence-electron chi connectivity index (χ2n) is 8.00. The lowest BCUT2D eigenvalue weighted by molar-refractivity contribution is -0.133. The summed E-state index contributed by atoms with van der Waals surface area (Å²) in [5.41, 5.74) is 2.08. The van der Waals surface area contributed by atoms with Gasteiger partial charge in [0.05, 0.1) is 0 Å². The van der Waals surface area contributed by atoms with Crippen molar-refractivity contribution in [1.29, 1.82) is 0 Å². The summed E-state index contributed by atoms with van der Waals surface area (Å²) >= 11 is 0. The lowest BCUT2D eigenvalue weighted by Gasteiger charge is -2.35. The van der Waals surface area contributed by atoms with Crippen molar-refractivity contribution in [2.75, 3.05) is 39.4 Å². The first-order valence-corrected chi connectivity index (χ1v) is 11.0. The van der Waals surface area contributed by atoms with Crippen LogP contribution >= 0.6 is 0 Å². The summed E-state index contributed by atoms with van der Waals surface area (Å²) in [6.07, 6.45) is 0.828. The molecule has 0 radical (unpaired) electrons. The number of piperazine rings is 1. The van der Waals surface area contributed by atoms with Crippen molar-refractivity contribution in [1.82, 2.24) is 20.0 Å². The first kappa shape index (κ1) is 20.5. The predicted octanol–water partition coefficient (Wildman–Crippen LogP) is 2.78. The third-order valence-electron chi connectivity index (χ3n) is 5.78. The molecule has 2 aromatic carbocycles. The number of hydrogen-bond donors (Lipinski definition) is 0. The van der Waals surface area contributed by atoms with Crippen LogP contribution in [0.4, 0.5) is 0 Å². The number of amides is 1. The van der Waals surface area contributed by atoms with E-state index >= 15 is 0 Å². The molecule has 3 aromatic rings. The molecule has 1 fully saturated rings. The van der Waals surface area contributed by atoms with Gasteiger partial charge in [0, 0.05) is 51.1 Å². The Morgan fingerprint density at radius 2 is 1.69 bits per heavy atom. The molecule has 1 amide bonds. The highest BCUT2D eigenvalue weighted by atomic mass is 16.6. The minimum Gasteiger partial charge on any atom is -0.486 e. The lowest BCUT2D eigenvalue weighted by atomic mass is 10.1. The van der Waals surface area contributed by atoms with E-state index in [1.807, 2.05) is 41.3 Å². The van der Waals surface area contributed by atoms with Gasteiger partial charge in [-0.05, 0) is 29.8 Å². The number of nitrogens with zero attached hydrogens (tertiary/aromatic N) is 4. The predicted molar refractivity (Wildman–Crippen MR) is 117 cm³/mol. The van der Waals surface area contributed by atoms with E-state index in [2.05, 4.69) is 27.2 Å². The Kier molecular flexibility index (Phi) is 6.02. The van der Waals surface area contributed by atoms with Crippen LogP contribution in [0.3, 0.4) is 0 Å². The number of carbonyl (C=O) groups is 1. The molecule has 0 atom stereocenters. The van der Waals surface area contributed by atoms with E-state index in [0.717, 1.165) is 49.8 Å². The van der Waals surface area contributed by atoms with Crippen LogP contribution in [-0.4, -0.2) is 65.3 Å². The van der Waals surface area contributed by atoms with Crippen LogP contribution in [0.2, 0.25) is 0 Å². The zero-order valence-electron chi connectivity index (χ0n) is 17.9. The van der Waals surface area contributed by atoms with Crippen LogP contribution in [-0.2, 0) is 17.8 Å². The van der Waals surface area contributed by atoms with Gasteiger partial charge in [0.15, 0.2) is 11.5 Å². The summed E-state index contributed by atoms with van der Waals surface area (Å²) in [5.74, 6) is 2.74. The molecule has 166 valence electrons. The zero-order valence-corrected chi connectivity index (χ0v) is 17.9. The van der Waals surface area contributed by atoms with Crippen LogP contribution in [0.25, 0.3) is 11.5 Å². The number of fused-ring (bicyclic) bond motifs is 1. The molecule has 0 spiro atoms. The number of aryl methyl sites for hydroxylation is 1. The van der Waals surface area contributed by atoms with E-state index < -0.39 is 0 Å². The Balaban J connectivity index is 1.08. The van der Waals surface area contributed by atoms with Gasteiger partial charge in [0.25, 0.3) is 0 Å². The summed E-state index contributed by atoms with van der Waals surface area (Å²) < 4.78 is 17.0. The molecule has 8 heteroatoms. The third kappa shape index (κ3) is 4.75. The Morgan fingerprint density at radius 3 is 2.50 bits per heavy atom. The first-order chi connectivity index (χ1) is 15.7. The molecule has 5 rings (SSSR count). The van der Waals surface area contributed by atoms with Crippen molar-refractivity contribution in [3.63, 3.8) is 0 Å². The van der Waals surface area contributed by atoms with Crippen molar-refractivity contribution in [3.05, 3.63) is 60.0 Å². The van der Waals surface area contributed by atoms with Gasteiger partial charge in [0.1, 0.15) is 13.2 Å². The number of benzene rings is 2. The Hall–Kier alpha value is -3.39. The van der Waals surface area contributed by atoms with E-state index in [9.17, 15) is 4.79 Å². The van der Waals surface area contributed by atoms with E-state index in [1.165, 1.54) is 5.56 Å². The van der Waals surface area contributed by atoms with E-state index in [-0.39, 0.29) is 5.91 Å². The summed E-state index contributed by atoms with van der Waals surface area (Å²) in [5, 5.41) is 8.17. The van der Waals surface area contributed by atoms with Crippen molar-refractivity contribution in [2.24, 2.45) is 0 Å². The second-order valence-corrected chi connectivity index (χ2v) is 8.00. The molecule has 2 aliphatic rings. The fourth-order valence-corrected chi connectivity index (χ4v) is 4.02. The topological polar surface area (TPSA) is 80.9 Å². The van der Waals surface area contributed by atoms with Gasteiger partial charge in [-0.2, -0.15) is 0 Å². The zero-order chi connectivity index (χ0) is 21.8. The highest BCUT2D eigenvalue weighted by Crippen LogP contribution is 2.31. The first-order valence-electron chi connectivity index (χ1n) is 11.0. The molecule has 0 saturated carbocycles. The number of carbonyl (C=O) groups excluding carboxylic acids is 1. The quantitative estimate of drug-likeness (QED) is 0.590. The van der Waals surface area contributed by atoms with E-state index in [4.69, 9.17) is 13.9 Å². The smallest absolute Gasteiger partial charge is 0.247 e. The maximum atomic E-state index is 12.7. The number of ether oxygens (including phenoxy) is 2. The van der Waals surface area contributed by atoms with E-state index in [1.54, 1.807) is 0 Å². The van der Waals surface area contributed by atoms with Gasteiger partial charge in [-0.25, -0.2) is 0 Å². The average Bonchev–Trinajstić information content (AvgIpc) is 3.33. The van der Waals surface area contributed by atoms with Gasteiger partial charge < -0.3 is 18.8 Å². The maximum absolute atomic E-state index is 12.7. The fraction of sp³-hybridized carbons (Fsp3) is 0.375. The number of aromatic nitrogens is 2. The normalized spacial score (nSPS) is 16.2. The van der Waals surface area contributed by atoms with Gasteiger partial charge in [0.2, 0.25) is 17.7 Å². The highest BCUT2D eigenvalue weighted by Gasteiger charge is 2.22. The van der Waals surface area contributed by atoms with Crippen LogP contribution < -0.4 is 9.47 Å². The van der Waals surface area contributed by atoms with Crippen molar-refractivity contribution >= 4 is 5.91 Å². The molecule has 3 heterocycles. The molecule has 0 bridgehead atoms.